The van der Waals surface area contributed by atoms with Crippen LogP contribution < -0.4 is 10.2 Å². The fourth-order valence-corrected chi connectivity index (χ4v) is 4.56. The van der Waals surface area contributed by atoms with Crippen molar-refractivity contribution >= 4 is 23.1 Å². The van der Waals surface area contributed by atoms with Gasteiger partial charge in [0.1, 0.15) is 0 Å². The standard InChI is InChI=1S/C22H20N2O2/c1-22(2)11-16-19(18(25)12-22)20-13-7-3-4-8-14(13)21(26)24(20)17-10-6-5-9-15(17)23-16/h3-10,20,23H,11-12H2,1-2H3/t20-/m1/s1. The quantitative estimate of drug-likeness (QED) is 0.768. The number of Topliss-reactive ketones (excluding diaryl/α,β-unsaturated/α-hetero) is 1. The number of allylic oxidation sites excluding steroid dienone is 1. The lowest BCUT2D eigenvalue weighted by Gasteiger charge is -2.34. The SMILES string of the molecule is CC1(C)CC(=O)C2=C(C1)Nc1ccccc1N1C(=O)c3ccccc3[C@H]21. The summed E-state index contributed by atoms with van der Waals surface area (Å²) in [5, 5.41) is 3.49. The second-order valence-electron chi connectivity index (χ2n) is 8.14. The van der Waals surface area contributed by atoms with Crippen LogP contribution >= 0.6 is 0 Å². The molecule has 5 rings (SSSR count). The van der Waals surface area contributed by atoms with Gasteiger partial charge in [0.15, 0.2) is 5.78 Å². The van der Waals surface area contributed by atoms with Gasteiger partial charge in [-0.25, -0.2) is 0 Å². The van der Waals surface area contributed by atoms with Crippen molar-refractivity contribution in [1.29, 1.82) is 0 Å². The summed E-state index contributed by atoms with van der Waals surface area (Å²) in [7, 11) is 0. The molecule has 0 radical (unpaired) electrons. The lowest BCUT2D eigenvalue weighted by molar-refractivity contribution is -0.118. The number of rotatable bonds is 0. The van der Waals surface area contributed by atoms with Crippen molar-refractivity contribution in [3.8, 4) is 0 Å². The third-order valence-corrected chi connectivity index (χ3v) is 5.61. The molecule has 0 saturated carbocycles. The molecule has 0 fully saturated rings. The minimum atomic E-state index is -0.339. The van der Waals surface area contributed by atoms with Gasteiger partial charge in [0.2, 0.25) is 0 Å². The molecule has 26 heavy (non-hydrogen) atoms. The molecule has 0 saturated heterocycles. The van der Waals surface area contributed by atoms with E-state index in [9.17, 15) is 9.59 Å². The third kappa shape index (κ3) is 2.02. The molecule has 0 unspecified atom stereocenters. The minimum Gasteiger partial charge on any atom is -0.357 e. The summed E-state index contributed by atoms with van der Waals surface area (Å²) in [5.74, 6) is 0.0993. The molecule has 2 aromatic carbocycles. The first-order chi connectivity index (χ1) is 12.5. The average Bonchev–Trinajstić information content (AvgIpc) is 2.79. The largest absolute Gasteiger partial charge is 0.357 e. The number of nitrogens with zero attached hydrogens (tertiary/aromatic N) is 1. The van der Waals surface area contributed by atoms with Gasteiger partial charge in [-0.2, -0.15) is 0 Å². The first-order valence-electron chi connectivity index (χ1n) is 9.01. The predicted molar refractivity (Wildman–Crippen MR) is 101 cm³/mol. The van der Waals surface area contributed by atoms with Crippen molar-refractivity contribution in [3.05, 3.63) is 70.9 Å². The number of fused-ring (bicyclic) bond motifs is 6. The molecule has 0 spiro atoms. The highest BCUT2D eigenvalue weighted by molar-refractivity contribution is 6.16. The fraction of sp³-hybridized carbons (Fsp3) is 0.273. The number of ketones is 1. The summed E-state index contributed by atoms with van der Waals surface area (Å²) in [4.78, 5) is 28.2. The molecule has 2 aliphatic heterocycles. The van der Waals surface area contributed by atoms with E-state index in [1.807, 2.05) is 48.5 Å². The van der Waals surface area contributed by atoms with Crippen molar-refractivity contribution in [3.63, 3.8) is 0 Å². The monoisotopic (exact) mass is 344 g/mol. The third-order valence-electron chi connectivity index (χ3n) is 5.61. The van der Waals surface area contributed by atoms with Gasteiger partial charge in [-0.15, -0.1) is 0 Å². The van der Waals surface area contributed by atoms with Gasteiger partial charge in [0, 0.05) is 23.3 Å². The second-order valence-corrected chi connectivity index (χ2v) is 8.14. The Hall–Kier alpha value is -2.88. The zero-order valence-electron chi connectivity index (χ0n) is 14.9. The van der Waals surface area contributed by atoms with E-state index in [2.05, 4.69) is 19.2 Å². The Morgan fingerprint density at radius 2 is 1.73 bits per heavy atom. The number of para-hydroxylation sites is 2. The number of amides is 1. The summed E-state index contributed by atoms with van der Waals surface area (Å²) in [6, 6.07) is 15.1. The first kappa shape index (κ1) is 15.4. The fourth-order valence-electron chi connectivity index (χ4n) is 4.56. The van der Waals surface area contributed by atoms with Gasteiger partial charge < -0.3 is 5.32 Å². The molecule has 1 N–H and O–H groups in total. The summed E-state index contributed by atoms with van der Waals surface area (Å²) in [5.41, 5.74) is 4.95. The van der Waals surface area contributed by atoms with Crippen LogP contribution in [0.2, 0.25) is 0 Å². The summed E-state index contributed by atoms with van der Waals surface area (Å²) in [6.07, 6.45) is 1.30. The van der Waals surface area contributed by atoms with Gasteiger partial charge in [-0.1, -0.05) is 44.2 Å². The van der Waals surface area contributed by atoms with Crippen molar-refractivity contribution in [1.82, 2.24) is 0 Å². The molecule has 1 amide bonds. The molecule has 0 aromatic heterocycles. The molecular formula is C22H20N2O2. The highest BCUT2D eigenvalue weighted by atomic mass is 16.2. The molecule has 3 aliphatic rings. The Morgan fingerprint density at radius 3 is 2.58 bits per heavy atom. The summed E-state index contributed by atoms with van der Waals surface area (Å²) >= 11 is 0. The van der Waals surface area contributed by atoms with Crippen LogP contribution in [-0.4, -0.2) is 11.7 Å². The second kappa shape index (κ2) is 5.07. The molecule has 130 valence electrons. The molecule has 2 heterocycles. The number of hydrogen-bond acceptors (Lipinski definition) is 3. The Kier molecular flexibility index (Phi) is 3.00. The molecule has 4 nitrogen and oxygen atoms in total. The molecular weight excluding hydrogens is 324 g/mol. The smallest absolute Gasteiger partial charge is 0.259 e. The van der Waals surface area contributed by atoms with E-state index < -0.39 is 0 Å². The topological polar surface area (TPSA) is 49.4 Å². The first-order valence-corrected chi connectivity index (χ1v) is 9.01. The lowest BCUT2D eigenvalue weighted by Crippen LogP contribution is -2.34. The maximum absolute atomic E-state index is 13.2. The predicted octanol–water partition coefficient (Wildman–Crippen LogP) is 4.46. The summed E-state index contributed by atoms with van der Waals surface area (Å²) < 4.78 is 0. The van der Waals surface area contributed by atoms with E-state index in [1.54, 1.807) is 4.90 Å². The highest BCUT2D eigenvalue weighted by Gasteiger charge is 2.47. The van der Waals surface area contributed by atoms with Crippen molar-refractivity contribution in [2.24, 2.45) is 5.41 Å². The van der Waals surface area contributed by atoms with Crippen LogP contribution in [0.25, 0.3) is 0 Å². The number of carbonyl (C=O) groups excluding carboxylic acids is 2. The molecule has 0 bridgehead atoms. The van der Waals surface area contributed by atoms with E-state index in [-0.39, 0.29) is 23.1 Å². The number of nitrogens with one attached hydrogen (secondary N) is 1. The minimum absolute atomic E-state index is 0.0359. The highest BCUT2D eigenvalue weighted by Crippen LogP contribution is 2.51. The van der Waals surface area contributed by atoms with E-state index in [1.165, 1.54) is 0 Å². The molecule has 1 atom stereocenters. The number of anilines is 2. The van der Waals surface area contributed by atoms with Crippen LogP contribution in [-0.2, 0) is 4.79 Å². The van der Waals surface area contributed by atoms with E-state index in [0.29, 0.717) is 12.0 Å². The van der Waals surface area contributed by atoms with Gasteiger partial charge in [0.25, 0.3) is 5.91 Å². The normalized spacial score (nSPS) is 22.8. The maximum Gasteiger partial charge on any atom is 0.259 e. The van der Waals surface area contributed by atoms with Gasteiger partial charge in [-0.3, -0.25) is 14.5 Å². The Morgan fingerprint density at radius 1 is 1.00 bits per heavy atom. The number of hydrogen-bond donors (Lipinski definition) is 1. The molecule has 4 heteroatoms. The zero-order chi connectivity index (χ0) is 18.1. The summed E-state index contributed by atoms with van der Waals surface area (Å²) in [6.45, 7) is 4.25. The lowest BCUT2D eigenvalue weighted by atomic mass is 9.73. The van der Waals surface area contributed by atoms with Crippen molar-refractivity contribution in [2.75, 3.05) is 10.2 Å². The number of benzene rings is 2. The van der Waals surface area contributed by atoms with Crippen LogP contribution in [0.1, 0.15) is 48.7 Å². The Bertz CT molecular complexity index is 1000. The van der Waals surface area contributed by atoms with Gasteiger partial charge in [0.05, 0.1) is 17.4 Å². The zero-order valence-corrected chi connectivity index (χ0v) is 14.9. The van der Waals surface area contributed by atoms with Crippen LogP contribution in [0.4, 0.5) is 11.4 Å². The van der Waals surface area contributed by atoms with Gasteiger partial charge in [-0.05, 0) is 35.6 Å². The van der Waals surface area contributed by atoms with Crippen LogP contribution in [0.15, 0.2) is 59.8 Å². The van der Waals surface area contributed by atoms with Crippen LogP contribution in [0.3, 0.4) is 0 Å². The van der Waals surface area contributed by atoms with Crippen molar-refractivity contribution in [2.45, 2.75) is 32.7 Å². The maximum atomic E-state index is 13.2. The Labute approximate surface area is 152 Å². The van der Waals surface area contributed by atoms with Gasteiger partial charge >= 0.3 is 0 Å². The van der Waals surface area contributed by atoms with Crippen molar-refractivity contribution < 1.29 is 9.59 Å². The van der Waals surface area contributed by atoms with E-state index >= 15 is 0 Å². The van der Waals surface area contributed by atoms with E-state index in [0.717, 1.165) is 34.6 Å². The molecule has 1 aliphatic carbocycles. The molecule has 2 aromatic rings. The van der Waals surface area contributed by atoms with E-state index in [4.69, 9.17) is 0 Å². The Balaban J connectivity index is 1.82. The van der Waals surface area contributed by atoms with Crippen LogP contribution in [0.5, 0.6) is 0 Å². The van der Waals surface area contributed by atoms with Crippen LogP contribution in [0, 0.1) is 5.41 Å². The average molecular weight is 344 g/mol. The number of carbonyl (C=O) groups is 2.